The molecule has 1 N–H and O–H groups in total. The molecule has 0 spiro atoms. The lowest BCUT2D eigenvalue weighted by atomic mass is 10.2. The summed E-state index contributed by atoms with van der Waals surface area (Å²) in [6, 6.07) is 2.09. The number of fused-ring (bicyclic) bond motifs is 1. The zero-order valence-electron chi connectivity index (χ0n) is 10.3. The van der Waals surface area contributed by atoms with Crippen molar-refractivity contribution in [3.8, 4) is 0 Å². The molecule has 0 bridgehead atoms. The van der Waals surface area contributed by atoms with Crippen LogP contribution in [0.4, 0.5) is 0 Å². The van der Waals surface area contributed by atoms with Gasteiger partial charge in [-0.25, -0.2) is 0 Å². The number of thiophene rings is 1. The van der Waals surface area contributed by atoms with Gasteiger partial charge in [0.25, 0.3) is 5.91 Å². The second-order valence-electron chi connectivity index (χ2n) is 4.37. The largest absolute Gasteiger partial charge is 0.351 e. The van der Waals surface area contributed by atoms with E-state index in [-0.39, 0.29) is 5.91 Å². The summed E-state index contributed by atoms with van der Waals surface area (Å²) in [7, 11) is 0. The molecular weight excluding hydrogens is 377 g/mol. The first-order chi connectivity index (χ1) is 8.81. The van der Waals surface area contributed by atoms with Crippen LogP contribution in [-0.4, -0.2) is 22.6 Å². The fourth-order valence-corrected chi connectivity index (χ4v) is 4.77. The number of nitrogens with one attached hydrogen (secondary N) is 1. The van der Waals surface area contributed by atoms with Gasteiger partial charge in [0.05, 0.1) is 4.88 Å². The van der Waals surface area contributed by atoms with Gasteiger partial charge in [0, 0.05) is 17.2 Å². The van der Waals surface area contributed by atoms with Crippen molar-refractivity contribution in [2.75, 3.05) is 16.7 Å². The van der Waals surface area contributed by atoms with Crippen LogP contribution in [0.5, 0.6) is 0 Å². The van der Waals surface area contributed by atoms with Crippen molar-refractivity contribution in [3.05, 3.63) is 21.4 Å². The fourth-order valence-electron chi connectivity index (χ4n) is 1.94. The lowest BCUT2D eigenvalue weighted by Crippen LogP contribution is -2.23. The van der Waals surface area contributed by atoms with E-state index >= 15 is 0 Å². The number of hydrogen-bond donors (Lipinski definition) is 1. The molecule has 2 heterocycles. The summed E-state index contributed by atoms with van der Waals surface area (Å²) in [5.74, 6) is 2.40. The third kappa shape index (κ3) is 4.13. The topological polar surface area (TPSA) is 29.1 Å². The van der Waals surface area contributed by atoms with Gasteiger partial charge in [0.15, 0.2) is 0 Å². The first-order valence-corrected chi connectivity index (χ1v) is 9.84. The van der Waals surface area contributed by atoms with E-state index in [0.29, 0.717) is 0 Å². The molecule has 2 nitrogen and oxygen atoms in total. The average molecular weight is 395 g/mol. The quantitative estimate of drug-likeness (QED) is 0.450. The maximum Gasteiger partial charge on any atom is 0.261 e. The van der Waals surface area contributed by atoms with Crippen LogP contribution in [0, 0.1) is 0 Å². The van der Waals surface area contributed by atoms with E-state index in [1.165, 1.54) is 33.5 Å². The molecule has 100 valence electrons. The summed E-state index contributed by atoms with van der Waals surface area (Å²) in [4.78, 5) is 14.3. The van der Waals surface area contributed by atoms with E-state index < -0.39 is 0 Å². The Balaban J connectivity index is 1.80. The second-order valence-corrected chi connectivity index (χ2v) is 7.69. The molecule has 2 rings (SSSR count). The zero-order chi connectivity index (χ0) is 12.8. The number of carbonyl (C=O) groups excluding carboxylic acids is 1. The van der Waals surface area contributed by atoms with Crippen molar-refractivity contribution in [1.29, 1.82) is 0 Å². The molecular formula is C13H18INOS2. The third-order valence-corrected chi connectivity index (χ3v) is 5.95. The predicted octanol–water partition coefficient (Wildman–Crippen LogP) is 3.87. The van der Waals surface area contributed by atoms with Gasteiger partial charge >= 0.3 is 0 Å². The van der Waals surface area contributed by atoms with Crippen molar-refractivity contribution in [2.24, 2.45) is 0 Å². The number of thioether (sulfide) groups is 1. The molecule has 1 aliphatic heterocycles. The number of halogens is 1. The Hall–Kier alpha value is 0.250. The highest BCUT2D eigenvalue weighted by Gasteiger charge is 2.16. The Bertz CT molecular complexity index is 382. The van der Waals surface area contributed by atoms with Gasteiger partial charge < -0.3 is 5.32 Å². The molecule has 1 aliphatic rings. The lowest BCUT2D eigenvalue weighted by molar-refractivity contribution is 0.0957. The van der Waals surface area contributed by atoms with Gasteiger partial charge in [-0.2, -0.15) is 11.8 Å². The number of alkyl halides is 1. The van der Waals surface area contributed by atoms with Crippen molar-refractivity contribution in [3.63, 3.8) is 0 Å². The minimum absolute atomic E-state index is 0.119. The highest BCUT2D eigenvalue weighted by Crippen LogP contribution is 2.31. The molecule has 0 aliphatic carbocycles. The Labute approximate surface area is 130 Å². The Kier molecular flexibility index (Phi) is 6.31. The number of aryl methyl sites for hydroxylation is 1. The number of hydrogen-bond acceptors (Lipinski definition) is 3. The van der Waals surface area contributed by atoms with Crippen molar-refractivity contribution in [2.45, 2.75) is 31.4 Å². The van der Waals surface area contributed by atoms with Crippen LogP contribution in [0.25, 0.3) is 0 Å². The molecule has 1 aromatic heterocycles. The molecule has 0 saturated carbocycles. The second kappa shape index (κ2) is 7.75. The molecule has 0 unspecified atom stereocenters. The van der Waals surface area contributed by atoms with Crippen LogP contribution in [0.2, 0.25) is 0 Å². The zero-order valence-corrected chi connectivity index (χ0v) is 14.1. The Morgan fingerprint density at radius 2 is 2.28 bits per heavy atom. The van der Waals surface area contributed by atoms with Crippen LogP contribution in [-0.2, 0) is 12.2 Å². The minimum atomic E-state index is 0.119. The van der Waals surface area contributed by atoms with E-state index in [1.54, 1.807) is 11.3 Å². The molecule has 0 fully saturated rings. The molecule has 0 atom stereocenters. The summed E-state index contributed by atoms with van der Waals surface area (Å²) in [6.07, 6.45) is 4.69. The first kappa shape index (κ1) is 14.7. The SMILES string of the molecule is O=C(NCCCCCI)c1cc2c(s1)CCSC2. The minimum Gasteiger partial charge on any atom is -0.351 e. The third-order valence-electron chi connectivity index (χ3n) is 2.95. The lowest BCUT2D eigenvalue weighted by Gasteiger charge is -2.08. The number of rotatable bonds is 6. The fraction of sp³-hybridized carbons (Fsp3) is 0.615. The van der Waals surface area contributed by atoms with Crippen LogP contribution in [0.15, 0.2) is 6.07 Å². The van der Waals surface area contributed by atoms with Gasteiger partial charge in [0.2, 0.25) is 0 Å². The summed E-state index contributed by atoms with van der Waals surface area (Å²) in [5, 5.41) is 3.03. The highest BCUT2D eigenvalue weighted by molar-refractivity contribution is 14.1. The van der Waals surface area contributed by atoms with Crippen molar-refractivity contribution < 1.29 is 4.79 Å². The summed E-state index contributed by atoms with van der Waals surface area (Å²) in [5.41, 5.74) is 1.38. The molecule has 0 aromatic carbocycles. The van der Waals surface area contributed by atoms with Gasteiger partial charge in [-0.05, 0) is 41.1 Å². The smallest absolute Gasteiger partial charge is 0.261 e. The highest BCUT2D eigenvalue weighted by atomic mass is 127. The molecule has 0 saturated heterocycles. The van der Waals surface area contributed by atoms with Gasteiger partial charge in [-0.3, -0.25) is 4.79 Å². The van der Waals surface area contributed by atoms with Crippen LogP contribution in [0.3, 0.4) is 0 Å². The van der Waals surface area contributed by atoms with Crippen LogP contribution < -0.4 is 5.32 Å². The van der Waals surface area contributed by atoms with E-state index in [9.17, 15) is 4.79 Å². The molecule has 1 aromatic rings. The molecule has 1 amide bonds. The van der Waals surface area contributed by atoms with E-state index in [4.69, 9.17) is 0 Å². The summed E-state index contributed by atoms with van der Waals surface area (Å²) < 4.78 is 1.21. The van der Waals surface area contributed by atoms with Crippen LogP contribution in [0.1, 0.15) is 39.4 Å². The number of unbranched alkanes of at least 4 members (excludes halogenated alkanes) is 2. The Morgan fingerprint density at radius 3 is 3.06 bits per heavy atom. The maximum absolute atomic E-state index is 12.0. The molecule has 18 heavy (non-hydrogen) atoms. The standard InChI is InChI=1S/C13H18INOS2/c14-5-2-1-3-6-15-13(16)12-8-10-9-17-7-4-11(10)18-12/h8H,1-7,9H2,(H,15,16). The molecule has 0 radical (unpaired) electrons. The Morgan fingerprint density at radius 1 is 1.39 bits per heavy atom. The maximum atomic E-state index is 12.0. The monoisotopic (exact) mass is 395 g/mol. The summed E-state index contributed by atoms with van der Waals surface area (Å²) in [6.45, 7) is 0.812. The van der Waals surface area contributed by atoms with Gasteiger partial charge in [-0.15, -0.1) is 11.3 Å². The van der Waals surface area contributed by atoms with Crippen LogP contribution >= 0.6 is 45.7 Å². The van der Waals surface area contributed by atoms with E-state index in [1.807, 2.05) is 11.8 Å². The molecule has 5 heteroatoms. The number of carbonyl (C=O) groups is 1. The van der Waals surface area contributed by atoms with Gasteiger partial charge in [-0.1, -0.05) is 29.0 Å². The van der Waals surface area contributed by atoms with E-state index in [0.717, 1.165) is 30.0 Å². The van der Waals surface area contributed by atoms with E-state index in [2.05, 4.69) is 34.0 Å². The number of amides is 1. The first-order valence-electron chi connectivity index (χ1n) is 6.34. The normalized spacial score (nSPS) is 14.3. The summed E-state index contributed by atoms with van der Waals surface area (Å²) >= 11 is 6.04. The predicted molar refractivity (Wildman–Crippen MR) is 89.3 cm³/mol. The van der Waals surface area contributed by atoms with Gasteiger partial charge in [0.1, 0.15) is 0 Å². The average Bonchev–Trinajstić information content (AvgIpc) is 2.82. The van der Waals surface area contributed by atoms with Crippen molar-refractivity contribution >= 4 is 51.6 Å². The van der Waals surface area contributed by atoms with Crippen molar-refractivity contribution in [1.82, 2.24) is 5.32 Å².